The SMILES string of the molecule is O=C(O)COc1cccc(C=NNc2nc(-c3ccccc3)cs2)c1. The maximum absolute atomic E-state index is 10.5. The van der Waals surface area contributed by atoms with Gasteiger partial charge < -0.3 is 9.84 Å². The zero-order chi connectivity index (χ0) is 17.5. The molecule has 0 saturated carbocycles. The Morgan fingerprint density at radius 3 is 2.88 bits per heavy atom. The van der Waals surface area contributed by atoms with E-state index in [-0.39, 0.29) is 6.61 Å². The second kappa shape index (κ2) is 8.07. The van der Waals surface area contributed by atoms with E-state index in [1.807, 2.05) is 41.8 Å². The van der Waals surface area contributed by atoms with Crippen LogP contribution in [0, 0.1) is 0 Å². The maximum atomic E-state index is 10.5. The lowest BCUT2D eigenvalue weighted by atomic mass is 10.2. The Balaban J connectivity index is 1.61. The molecule has 3 aromatic rings. The number of thiazole rings is 1. The van der Waals surface area contributed by atoms with Crippen LogP contribution in [0.3, 0.4) is 0 Å². The molecule has 7 heteroatoms. The van der Waals surface area contributed by atoms with Gasteiger partial charge in [-0.2, -0.15) is 5.10 Å². The van der Waals surface area contributed by atoms with Crippen molar-refractivity contribution in [2.45, 2.75) is 0 Å². The minimum absolute atomic E-state index is 0.375. The summed E-state index contributed by atoms with van der Waals surface area (Å²) in [5.74, 6) is -0.536. The van der Waals surface area contributed by atoms with E-state index in [1.165, 1.54) is 11.3 Å². The number of carboxylic acids is 1. The highest BCUT2D eigenvalue weighted by molar-refractivity contribution is 7.14. The van der Waals surface area contributed by atoms with Crippen molar-refractivity contribution in [2.24, 2.45) is 5.10 Å². The number of hydrogen-bond donors (Lipinski definition) is 2. The monoisotopic (exact) mass is 353 g/mol. The Bertz CT molecular complexity index is 878. The molecule has 0 aliphatic heterocycles. The van der Waals surface area contributed by atoms with Crippen LogP contribution >= 0.6 is 11.3 Å². The average molecular weight is 353 g/mol. The molecule has 0 atom stereocenters. The van der Waals surface area contributed by atoms with E-state index in [4.69, 9.17) is 9.84 Å². The molecule has 0 aliphatic rings. The van der Waals surface area contributed by atoms with Gasteiger partial charge in [-0.1, -0.05) is 42.5 Å². The van der Waals surface area contributed by atoms with Gasteiger partial charge in [-0.3, -0.25) is 5.43 Å². The van der Waals surface area contributed by atoms with E-state index < -0.39 is 5.97 Å². The number of hydrogen-bond acceptors (Lipinski definition) is 6. The number of benzene rings is 2. The van der Waals surface area contributed by atoms with Gasteiger partial charge in [-0.05, 0) is 17.7 Å². The van der Waals surface area contributed by atoms with Gasteiger partial charge >= 0.3 is 5.97 Å². The second-order valence-corrected chi connectivity index (χ2v) is 5.89. The van der Waals surface area contributed by atoms with E-state index in [2.05, 4.69) is 15.5 Å². The van der Waals surface area contributed by atoms with E-state index in [0.29, 0.717) is 10.9 Å². The molecule has 0 fully saturated rings. The van der Waals surface area contributed by atoms with E-state index in [9.17, 15) is 4.79 Å². The summed E-state index contributed by atoms with van der Waals surface area (Å²) in [4.78, 5) is 15.0. The number of aliphatic carboxylic acids is 1. The molecule has 0 saturated heterocycles. The van der Waals surface area contributed by atoms with Crippen molar-refractivity contribution in [3.63, 3.8) is 0 Å². The van der Waals surface area contributed by atoms with Crippen LogP contribution < -0.4 is 10.2 Å². The molecule has 0 unspecified atom stereocenters. The molecule has 0 bridgehead atoms. The number of aromatic nitrogens is 1. The zero-order valence-corrected chi connectivity index (χ0v) is 13.9. The van der Waals surface area contributed by atoms with Gasteiger partial charge in [-0.25, -0.2) is 9.78 Å². The first-order valence-electron chi connectivity index (χ1n) is 7.45. The third-order valence-electron chi connectivity index (χ3n) is 3.17. The van der Waals surface area contributed by atoms with Gasteiger partial charge in [0.05, 0.1) is 11.9 Å². The summed E-state index contributed by atoms with van der Waals surface area (Å²) in [5, 5.41) is 15.4. The van der Waals surface area contributed by atoms with Crippen LogP contribution in [0.4, 0.5) is 5.13 Å². The first-order valence-corrected chi connectivity index (χ1v) is 8.33. The van der Waals surface area contributed by atoms with Crippen LogP contribution in [0.1, 0.15) is 5.56 Å². The lowest BCUT2D eigenvalue weighted by Crippen LogP contribution is -2.09. The van der Waals surface area contributed by atoms with Crippen LogP contribution in [-0.4, -0.2) is 28.9 Å². The Kier molecular flexibility index (Phi) is 5.38. The van der Waals surface area contributed by atoms with E-state index >= 15 is 0 Å². The first-order chi connectivity index (χ1) is 12.2. The summed E-state index contributed by atoms with van der Waals surface area (Å²) >= 11 is 1.47. The maximum Gasteiger partial charge on any atom is 0.341 e. The first kappa shape index (κ1) is 16.7. The van der Waals surface area contributed by atoms with Crippen LogP contribution in [0.15, 0.2) is 65.1 Å². The third-order valence-corrected chi connectivity index (χ3v) is 3.91. The van der Waals surface area contributed by atoms with Crippen molar-refractivity contribution in [1.29, 1.82) is 0 Å². The molecule has 2 aromatic carbocycles. The van der Waals surface area contributed by atoms with Crippen LogP contribution in [-0.2, 0) is 4.79 Å². The summed E-state index contributed by atoms with van der Waals surface area (Å²) in [6.45, 7) is -0.375. The second-order valence-electron chi connectivity index (χ2n) is 5.03. The standard InChI is InChI=1S/C18H15N3O3S/c22-17(23)11-24-15-8-4-5-13(9-15)10-19-21-18-20-16(12-25-18)14-6-2-1-3-7-14/h1-10,12H,11H2,(H,20,21)(H,22,23). The van der Waals surface area contributed by atoms with Gasteiger partial charge in [0.1, 0.15) is 5.75 Å². The molecule has 126 valence electrons. The number of carbonyl (C=O) groups is 1. The van der Waals surface area contributed by atoms with Gasteiger partial charge in [0.15, 0.2) is 6.61 Å². The zero-order valence-electron chi connectivity index (χ0n) is 13.1. The van der Waals surface area contributed by atoms with E-state index in [0.717, 1.165) is 16.8 Å². The van der Waals surface area contributed by atoms with E-state index in [1.54, 1.807) is 24.4 Å². The fraction of sp³-hybridized carbons (Fsp3) is 0.0556. The molecule has 3 rings (SSSR count). The normalized spacial score (nSPS) is 10.7. The summed E-state index contributed by atoms with van der Waals surface area (Å²) in [6.07, 6.45) is 1.62. The molecular formula is C18H15N3O3S. The minimum atomic E-state index is -1.02. The fourth-order valence-corrected chi connectivity index (χ4v) is 2.73. The van der Waals surface area contributed by atoms with Gasteiger partial charge in [-0.15, -0.1) is 11.3 Å². The smallest absolute Gasteiger partial charge is 0.341 e. The molecule has 2 N–H and O–H groups in total. The number of hydrazone groups is 1. The third kappa shape index (κ3) is 4.89. The quantitative estimate of drug-likeness (QED) is 0.500. The molecule has 0 aliphatic carbocycles. The molecule has 0 spiro atoms. The van der Waals surface area contributed by atoms with Crippen molar-refractivity contribution in [3.05, 3.63) is 65.5 Å². The largest absolute Gasteiger partial charge is 0.482 e. The molecule has 1 heterocycles. The Labute approximate surface area is 148 Å². The number of rotatable bonds is 7. The predicted molar refractivity (Wildman–Crippen MR) is 98.3 cm³/mol. The van der Waals surface area contributed by atoms with Crippen molar-refractivity contribution >= 4 is 28.7 Å². The van der Waals surface area contributed by atoms with Gasteiger partial charge in [0.25, 0.3) is 0 Å². The average Bonchev–Trinajstić information content (AvgIpc) is 3.10. The highest BCUT2D eigenvalue weighted by Gasteiger charge is 2.03. The fourth-order valence-electron chi connectivity index (χ4n) is 2.06. The van der Waals surface area contributed by atoms with Crippen molar-refractivity contribution in [3.8, 4) is 17.0 Å². The van der Waals surface area contributed by atoms with Crippen LogP contribution in [0.25, 0.3) is 11.3 Å². The highest BCUT2D eigenvalue weighted by Crippen LogP contribution is 2.24. The molecule has 6 nitrogen and oxygen atoms in total. The Morgan fingerprint density at radius 1 is 1.24 bits per heavy atom. The summed E-state index contributed by atoms with van der Waals surface area (Å²) in [7, 11) is 0. The number of nitrogens with zero attached hydrogens (tertiary/aromatic N) is 2. The molecule has 0 radical (unpaired) electrons. The summed E-state index contributed by atoms with van der Waals surface area (Å²) in [6, 6.07) is 16.9. The highest BCUT2D eigenvalue weighted by atomic mass is 32.1. The summed E-state index contributed by atoms with van der Waals surface area (Å²) < 4.78 is 5.13. The number of ether oxygens (including phenoxy) is 1. The molecule has 25 heavy (non-hydrogen) atoms. The number of nitrogens with one attached hydrogen (secondary N) is 1. The lowest BCUT2D eigenvalue weighted by Gasteiger charge is -2.03. The van der Waals surface area contributed by atoms with Gasteiger partial charge in [0.2, 0.25) is 5.13 Å². The summed E-state index contributed by atoms with van der Waals surface area (Å²) in [5.41, 5.74) is 5.63. The van der Waals surface area contributed by atoms with Crippen molar-refractivity contribution < 1.29 is 14.6 Å². The van der Waals surface area contributed by atoms with Crippen LogP contribution in [0.2, 0.25) is 0 Å². The Morgan fingerprint density at radius 2 is 2.08 bits per heavy atom. The van der Waals surface area contributed by atoms with Crippen molar-refractivity contribution in [2.75, 3.05) is 12.0 Å². The topological polar surface area (TPSA) is 83.8 Å². The molecule has 0 amide bonds. The predicted octanol–water partition coefficient (Wildman–Crippen LogP) is 3.72. The van der Waals surface area contributed by atoms with Gasteiger partial charge in [0, 0.05) is 10.9 Å². The van der Waals surface area contributed by atoms with Crippen LogP contribution in [0.5, 0.6) is 5.75 Å². The Hall–Kier alpha value is -3.19. The van der Waals surface area contributed by atoms with Crippen molar-refractivity contribution in [1.82, 2.24) is 4.98 Å². The molecular weight excluding hydrogens is 338 g/mol. The number of anilines is 1. The number of carboxylic acid groups (broad SMARTS) is 1. The minimum Gasteiger partial charge on any atom is -0.482 e. The molecule has 1 aromatic heterocycles. The lowest BCUT2D eigenvalue weighted by molar-refractivity contribution is -0.139.